The largest absolute Gasteiger partial charge is 0.392 e. The topological polar surface area (TPSA) is 75.6 Å². The van der Waals surface area contributed by atoms with E-state index in [0.717, 1.165) is 12.8 Å². The SMILES string of the molecule is CC(NS(=O)(=O)c1ccc(CO)cc1Br)C1CCOCC1. The maximum atomic E-state index is 12.5. The molecule has 1 aliphatic rings. The van der Waals surface area contributed by atoms with Crippen LogP contribution >= 0.6 is 15.9 Å². The van der Waals surface area contributed by atoms with E-state index < -0.39 is 10.0 Å². The van der Waals surface area contributed by atoms with Crippen LogP contribution in [-0.2, 0) is 21.4 Å². The van der Waals surface area contributed by atoms with Crippen molar-refractivity contribution in [1.29, 1.82) is 0 Å². The molecule has 1 heterocycles. The molecular formula is C14H20BrNO4S. The monoisotopic (exact) mass is 377 g/mol. The standard InChI is InChI=1S/C14H20BrNO4S/c1-10(12-4-6-20-7-5-12)16-21(18,19)14-3-2-11(9-17)8-13(14)15/h2-3,8,10,12,16-17H,4-7,9H2,1H3. The summed E-state index contributed by atoms with van der Waals surface area (Å²) in [5.41, 5.74) is 0.665. The van der Waals surface area contributed by atoms with Crippen molar-refractivity contribution in [3.05, 3.63) is 28.2 Å². The van der Waals surface area contributed by atoms with Crippen LogP contribution in [0.25, 0.3) is 0 Å². The molecular weight excluding hydrogens is 358 g/mol. The molecule has 118 valence electrons. The number of sulfonamides is 1. The maximum Gasteiger partial charge on any atom is 0.241 e. The Morgan fingerprint density at radius 2 is 2.10 bits per heavy atom. The van der Waals surface area contributed by atoms with Gasteiger partial charge in [-0.05, 0) is 59.3 Å². The van der Waals surface area contributed by atoms with Crippen molar-refractivity contribution in [2.24, 2.45) is 5.92 Å². The minimum absolute atomic E-state index is 0.120. The quantitative estimate of drug-likeness (QED) is 0.822. The number of aliphatic hydroxyl groups is 1. The Hall–Kier alpha value is -0.470. The molecule has 0 aromatic heterocycles. The predicted octanol–water partition coefficient (Wildman–Crippen LogP) is 2.03. The van der Waals surface area contributed by atoms with Crippen LogP contribution in [0.5, 0.6) is 0 Å². The van der Waals surface area contributed by atoms with Gasteiger partial charge in [0.2, 0.25) is 10.0 Å². The van der Waals surface area contributed by atoms with E-state index in [1.807, 2.05) is 6.92 Å². The molecule has 0 radical (unpaired) electrons. The number of halogens is 1. The van der Waals surface area contributed by atoms with E-state index in [4.69, 9.17) is 9.84 Å². The predicted molar refractivity (Wildman–Crippen MR) is 83.4 cm³/mol. The van der Waals surface area contributed by atoms with Crippen molar-refractivity contribution >= 4 is 26.0 Å². The van der Waals surface area contributed by atoms with E-state index in [-0.39, 0.29) is 17.5 Å². The average Bonchev–Trinajstić information content (AvgIpc) is 2.47. The molecule has 0 amide bonds. The second kappa shape index (κ2) is 7.19. The summed E-state index contributed by atoms with van der Waals surface area (Å²) in [6, 6.07) is 4.60. The van der Waals surface area contributed by atoms with Gasteiger partial charge in [0.15, 0.2) is 0 Å². The third-order valence-corrected chi connectivity index (χ3v) is 6.32. The molecule has 0 spiro atoms. The Balaban J connectivity index is 2.14. The summed E-state index contributed by atoms with van der Waals surface area (Å²) in [7, 11) is -3.58. The lowest BCUT2D eigenvalue weighted by atomic mass is 9.94. The van der Waals surface area contributed by atoms with Gasteiger partial charge in [-0.3, -0.25) is 0 Å². The Kier molecular flexibility index (Phi) is 5.79. The van der Waals surface area contributed by atoms with Crippen molar-refractivity contribution in [3.63, 3.8) is 0 Å². The Bertz CT molecular complexity index is 585. The van der Waals surface area contributed by atoms with E-state index in [1.165, 1.54) is 6.07 Å². The molecule has 1 fully saturated rings. The lowest BCUT2D eigenvalue weighted by Gasteiger charge is -2.28. The third kappa shape index (κ3) is 4.26. The second-order valence-electron chi connectivity index (χ2n) is 5.28. The van der Waals surface area contributed by atoms with Gasteiger partial charge in [0.25, 0.3) is 0 Å². The first-order valence-corrected chi connectivity index (χ1v) is 9.21. The van der Waals surface area contributed by atoms with E-state index >= 15 is 0 Å². The summed E-state index contributed by atoms with van der Waals surface area (Å²) in [5, 5.41) is 9.07. The van der Waals surface area contributed by atoms with Gasteiger partial charge in [0.05, 0.1) is 11.5 Å². The molecule has 1 atom stereocenters. The van der Waals surface area contributed by atoms with Crippen LogP contribution < -0.4 is 4.72 Å². The molecule has 1 aliphatic heterocycles. The number of benzene rings is 1. The van der Waals surface area contributed by atoms with Crippen molar-refractivity contribution in [2.75, 3.05) is 13.2 Å². The minimum Gasteiger partial charge on any atom is -0.392 e. The van der Waals surface area contributed by atoms with Crippen LogP contribution in [0, 0.1) is 5.92 Å². The molecule has 5 nitrogen and oxygen atoms in total. The van der Waals surface area contributed by atoms with Gasteiger partial charge in [-0.25, -0.2) is 13.1 Å². The highest BCUT2D eigenvalue weighted by atomic mass is 79.9. The Morgan fingerprint density at radius 3 is 2.67 bits per heavy atom. The van der Waals surface area contributed by atoms with Crippen LogP contribution in [-0.4, -0.2) is 32.8 Å². The molecule has 1 aromatic carbocycles. The van der Waals surface area contributed by atoms with E-state index in [1.54, 1.807) is 12.1 Å². The highest BCUT2D eigenvalue weighted by molar-refractivity contribution is 9.10. The third-order valence-electron chi connectivity index (χ3n) is 3.78. The summed E-state index contributed by atoms with van der Waals surface area (Å²) in [6.45, 7) is 3.14. The van der Waals surface area contributed by atoms with Crippen LogP contribution in [0.4, 0.5) is 0 Å². The normalized spacial score (nSPS) is 18.6. The zero-order valence-electron chi connectivity index (χ0n) is 11.9. The summed E-state index contributed by atoms with van der Waals surface area (Å²) < 4.78 is 33.4. The van der Waals surface area contributed by atoms with Gasteiger partial charge < -0.3 is 9.84 Å². The first kappa shape index (κ1) is 16.9. The molecule has 1 aromatic rings. The molecule has 2 rings (SSSR count). The van der Waals surface area contributed by atoms with Crippen LogP contribution in [0.3, 0.4) is 0 Å². The molecule has 21 heavy (non-hydrogen) atoms. The summed E-state index contributed by atoms with van der Waals surface area (Å²) in [5.74, 6) is 0.295. The lowest BCUT2D eigenvalue weighted by Crippen LogP contribution is -2.40. The Morgan fingerprint density at radius 1 is 1.43 bits per heavy atom. The maximum absolute atomic E-state index is 12.5. The molecule has 2 N–H and O–H groups in total. The summed E-state index contributed by atoms with van der Waals surface area (Å²) >= 11 is 3.26. The first-order valence-electron chi connectivity index (χ1n) is 6.93. The molecule has 0 saturated carbocycles. The molecule has 1 unspecified atom stereocenters. The highest BCUT2D eigenvalue weighted by Crippen LogP contribution is 2.25. The summed E-state index contributed by atoms with van der Waals surface area (Å²) in [6.07, 6.45) is 1.74. The number of rotatable bonds is 5. The van der Waals surface area contributed by atoms with Crippen LogP contribution in [0.1, 0.15) is 25.3 Å². The fraction of sp³-hybridized carbons (Fsp3) is 0.571. The zero-order valence-corrected chi connectivity index (χ0v) is 14.3. The van der Waals surface area contributed by atoms with Gasteiger partial charge in [-0.15, -0.1) is 0 Å². The molecule has 0 aliphatic carbocycles. The van der Waals surface area contributed by atoms with Crippen LogP contribution in [0.15, 0.2) is 27.6 Å². The first-order chi connectivity index (χ1) is 9.94. The second-order valence-corrected chi connectivity index (χ2v) is 7.82. The van der Waals surface area contributed by atoms with Gasteiger partial charge in [-0.2, -0.15) is 0 Å². The van der Waals surface area contributed by atoms with Crippen molar-refractivity contribution in [1.82, 2.24) is 4.72 Å². The van der Waals surface area contributed by atoms with Gasteiger partial charge >= 0.3 is 0 Å². The molecule has 1 saturated heterocycles. The van der Waals surface area contributed by atoms with Crippen molar-refractivity contribution in [2.45, 2.75) is 37.3 Å². The molecule has 7 heteroatoms. The van der Waals surface area contributed by atoms with Crippen molar-refractivity contribution in [3.8, 4) is 0 Å². The number of hydrogen-bond acceptors (Lipinski definition) is 4. The summed E-state index contributed by atoms with van der Waals surface area (Å²) in [4.78, 5) is 0.193. The van der Waals surface area contributed by atoms with Crippen molar-refractivity contribution < 1.29 is 18.3 Å². The number of ether oxygens (including phenoxy) is 1. The minimum atomic E-state index is -3.58. The van der Waals surface area contributed by atoms with Gasteiger partial charge in [0, 0.05) is 23.7 Å². The average molecular weight is 378 g/mol. The van der Waals surface area contributed by atoms with E-state index in [9.17, 15) is 8.42 Å². The Labute approximate surface area is 133 Å². The lowest BCUT2D eigenvalue weighted by molar-refractivity contribution is 0.0585. The van der Waals surface area contributed by atoms with Gasteiger partial charge in [-0.1, -0.05) is 6.07 Å². The smallest absolute Gasteiger partial charge is 0.241 e. The number of nitrogens with one attached hydrogen (secondary N) is 1. The zero-order chi connectivity index (χ0) is 15.5. The van der Waals surface area contributed by atoms with E-state index in [2.05, 4.69) is 20.7 Å². The highest BCUT2D eigenvalue weighted by Gasteiger charge is 2.26. The fourth-order valence-corrected chi connectivity index (χ4v) is 4.92. The number of hydrogen-bond donors (Lipinski definition) is 2. The molecule has 0 bridgehead atoms. The number of aliphatic hydroxyl groups excluding tert-OH is 1. The van der Waals surface area contributed by atoms with Crippen LogP contribution in [0.2, 0.25) is 0 Å². The fourth-order valence-electron chi connectivity index (χ4n) is 2.48. The van der Waals surface area contributed by atoms with Gasteiger partial charge in [0.1, 0.15) is 0 Å². The van der Waals surface area contributed by atoms with E-state index in [0.29, 0.717) is 29.2 Å².